The molecule has 1 aliphatic heterocycles. The summed E-state index contributed by atoms with van der Waals surface area (Å²) in [5.41, 5.74) is 2.65. The molecule has 0 saturated carbocycles. The number of hydrogen-bond donors (Lipinski definition) is 1. The molecule has 1 aliphatic rings. The minimum absolute atomic E-state index is 0.112. The van der Waals surface area contributed by atoms with E-state index in [0.29, 0.717) is 5.69 Å². The van der Waals surface area contributed by atoms with Crippen LogP contribution in [0.5, 0.6) is 0 Å². The van der Waals surface area contributed by atoms with Crippen LogP contribution >= 0.6 is 0 Å². The molecular weight excluding hydrogens is 330 g/mol. The molecule has 3 aromatic rings. The predicted octanol–water partition coefficient (Wildman–Crippen LogP) is 4.00. The Morgan fingerprint density at radius 3 is 2.88 bits per heavy atom. The van der Waals surface area contributed by atoms with E-state index in [1.165, 1.54) is 0 Å². The van der Waals surface area contributed by atoms with Crippen molar-refractivity contribution in [3.8, 4) is 0 Å². The largest absolute Gasteiger partial charge is 0.478 e. The van der Waals surface area contributed by atoms with E-state index in [9.17, 15) is 9.90 Å². The molecule has 0 aliphatic carbocycles. The Morgan fingerprint density at radius 2 is 2.15 bits per heavy atom. The number of carboxylic acids is 1. The fourth-order valence-electron chi connectivity index (χ4n) is 3.20. The summed E-state index contributed by atoms with van der Waals surface area (Å²) in [5.74, 6) is -0.951. The fraction of sp³-hybridized carbons (Fsp3) is 0.250. The lowest BCUT2D eigenvalue weighted by atomic mass is 10.1. The van der Waals surface area contributed by atoms with Gasteiger partial charge >= 0.3 is 5.97 Å². The summed E-state index contributed by atoms with van der Waals surface area (Å²) in [4.78, 5) is 15.6. The summed E-state index contributed by atoms with van der Waals surface area (Å²) in [7, 11) is 0. The normalized spacial score (nSPS) is 17.8. The predicted molar refractivity (Wildman–Crippen MR) is 98.7 cm³/mol. The van der Waals surface area contributed by atoms with E-state index in [1.54, 1.807) is 18.3 Å². The Kier molecular flexibility index (Phi) is 4.50. The highest BCUT2D eigenvalue weighted by Crippen LogP contribution is 2.29. The number of aromatic nitrogens is 3. The highest BCUT2D eigenvalue weighted by molar-refractivity contribution is 5.97. The van der Waals surface area contributed by atoms with Crippen molar-refractivity contribution < 1.29 is 14.6 Å². The van der Waals surface area contributed by atoms with Crippen LogP contribution in [0.3, 0.4) is 0 Å². The molecular formula is C20H19N3O3. The third-order valence-electron chi connectivity index (χ3n) is 4.51. The van der Waals surface area contributed by atoms with Gasteiger partial charge in [0.05, 0.1) is 22.5 Å². The second-order valence-corrected chi connectivity index (χ2v) is 6.28. The number of ether oxygens (including phenoxy) is 1. The first kappa shape index (κ1) is 16.5. The molecule has 3 heterocycles. The Hall–Kier alpha value is -2.99. The Labute approximate surface area is 150 Å². The molecule has 0 amide bonds. The Bertz CT molecular complexity index is 957. The molecule has 1 fully saturated rings. The molecule has 4 rings (SSSR count). The van der Waals surface area contributed by atoms with Crippen LogP contribution in [0.2, 0.25) is 0 Å². The van der Waals surface area contributed by atoms with Gasteiger partial charge in [0, 0.05) is 18.2 Å². The number of aromatic carboxylic acids is 1. The fourth-order valence-corrected chi connectivity index (χ4v) is 3.20. The van der Waals surface area contributed by atoms with Gasteiger partial charge in [-0.2, -0.15) is 5.10 Å². The Balaban J connectivity index is 1.80. The Morgan fingerprint density at radius 1 is 1.23 bits per heavy atom. The minimum atomic E-state index is -0.951. The van der Waals surface area contributed by atoms with Gasteiger partial charge in [0.1, 0.15) is 0 Å². The monoisotopic (exact) mass is 349 g/mol. The summed E-state index contributed by atoms with van der Waals surface area (Å²) in [6.07, 6.45) is 8.43. The third kappa shape index (κ3) is 3.23. The van der Waals surface area contributed by atoms with E-state index in [0.717, 1.165) is 42.5 Å². The van der Waals surface area contributed by atoms with Crippen LogP contribution in [0.1, 0.15) is 47.2 Å². The highest BCUT2D eigenvalue weighted by Gasteiger charge is 2.21. The number of hydrogen-bond acceptors (Lipinski definition) is 4. The summed E-state index contributed by atoms with van der Waals surface area (Å²) in [5, 5.41) is 14.8. The average Bonchev–Trinajstić information content (AvgIpc) is 3.06. The van der Waals surface area contributed by atoms with Gasteiger partial charge in [0.25, 0.3) is 0 Å². The number of fused-ring (bicyclic) bond motifs is 1. The third-order valence-corrected chi connectivity index (χ3v) is 4.51. The number of benzene rings is 1. The first-order chi connectivity index (χ1) is 12.7. The van der Waals surface area contributed by atoms with Crippen molar-refractivity contribution in [2.45, 2.75) is 25.5 Å². The van der Waals surface area contributed by atoms with Crippen LogP contribution in [-0.2, 0) is 4.74 Å². The first-order valence-electron chi connectivity index (χ1n) is 8.68. The van der Waals surface area contributed by atoms with Crippen LogP contribution in [-0.4, -0.2) is 32.4 Å². The van der Waals surface area contributed by atoms with Crippen molar-refractivity contribution in [2.75, 3.05) is 6.61 Å². The zero-order chi connectivity index (χ0) is 17.9. The molecule has 0 bridgehead atoms. The van der Waals surface area contributed by atoms with E-state index in [1.807, 2.05) is 41.1 Å². The number of nitrogens with zero attached hydrogens (tertiary/aromatic N) is 3. The van der Waals surface area contributed by atoms with Gasteiger partial charge < -0.3 is 9.84 Å². The van der Waals surface area contributed by atoms with Crippen molar-refractivity contribution in [2.24, 2.45) is 0 Å². The molecule has 0 radical (unpaired) electrons. The van der Waals surface area contributed by atoms with Gasteiger partial charge in [0.15, 0.2) is 6.23 Å². The summed E-state index contributed by atoms with van der Waals surface area (Å²) in [6, 6.07) is 10.8. The maximum atomic E-state index is 11.4. The molecule has 1 saturated heterocycles. The number of carbonyl (C=O) groups is 1. The summed E-state index contributed by atoms with van der Waals surface area (Å²) >= 11 is 0. The smallest absolute Gasteiger partial charge is 0.335 e. The van der Waals surface area contributed by atoms with Crippen molar-refractivity contribution in [1.29, 1.82) is 0 Å². The maximum Gasteiger partial charge on any atom is 0.335 e. The van der Waals surface area contributed by atoms with Gasteiger partial charge in [-0.25, -0.2) is 9.48 Å². The van der Waals surface area contributed by atoms with Crippen molar-refractivity contribution in [3.63, 3.8) is 0 Å². The first-order valence-corrected chi connectivity index (χ1v) is 8.68. The van der Waals surface area contributed by atoms with Crippen molar-refractivity contribution >= 4 is 29.0 Å². The molecule has 2 aromatic heterocycles. The molecule has 6 nitrogen and oxygen atoms in total. The van der Waals surface area contributed by atoms with E-state index in [-0.39, 0.29) is 11.8 Å². The second-order valence-electron chi connectivity index (χ2n) is 6.28. The summed E-state index contributed by atoms with van der Waals surface area (Å²) < 4.78 is 7.75. The van der Waals surface area contributed by atoms with Gasteiger partial charge in [-0.1, -0.05) is 6.07 Å². The van der Waals surface area contributed by atoms with Gasteiger partial charge in [0.2, 0.25) is 0 Å². The van der Waals surface area contributed by atoms with E-state index >= 15 is 0 Å². The molecule has 132 valence electrons. The number of pyridine rings is 1. The molecule has 1 unspecified atom stereocenters. The lowest BCUT2D eigenvalue weighted by Crippen LogP contribution is -2.19. The number of carboxylic acid groups (broad SMARTS) is 1. The van der Waals surface area contributed by atoms with Gasteiger partial charge in [-0.15, -0.1) is 0 Å². The second kappa shape index (κ2) is 7.09. The highest BCUT2D eigenvalue weighted by atomic mass is 16.5. The van der Waals surface area contributed by atoms with Gasteiger partial charge in [-0.3, -0.25) is 4.98 Å². The SMILES string of the molecule is O=C(O)c1ccc2c(c1)c(C=Cc1ccccn1)nn2C1CCCCO1. The van der Waals surface area contributed by atoms with Crippen LogP contribution in [0.4, 0.5) is 0 Å². The standard InChI is InChI=1S/C20H19N3O3/c24-20(25)14-7-10-18-16(13-14)17(9-8-15-5-1-3-11-21-15)22-23(18)19-6-2-4-12-26-19/h1,3,5,7-11,13,19H,2,4,6,12H2,(H,24,25). The lowest BCUT2D eigenvalue weighted by molar-refractivity contribution is -0.0367. The molecule has 0 spiro atoms. The van der Waals surface area contributed by atoms with Crippen LogP contribution in [0, 0.1) is 0 Å². The quantitative estimate of drug-likeness (QED) is 0.770. The van der Waals surface area contributed by atoms with E-state index in [2.05, 4.69) is 4.98 Å². The van der Waals surface area contributed by atoms with Crippen LogP contribution in [0.15, 0.2) is 42.6 Å². The van der Waals surface area contributed by atoms with Crippen molar-refractivity contribution in [3.05, 3.63) is 59.5 Å². The molecule has 1 aromatic carbocycles. The molecule has 1 atom stereocenters. The maximum absolute atomic E-state index is 11.4. The lowest BCUT2D eigenvalue weighted by Gasteiger charge is -2.23. The average molecular weight is 349 g/mol. The zero-order valence-electron chi connectivity index (χ0n) is 14.2. The van der Waals surface area contributed by atoms with Crippen LogP contribution in [0.25, 0.3) is 23.1 Å². The van der Waals surface area contributed by atoms with Gasteiger partial charge in [-0.05, 0) is 61.7 Å². The molecule has 6 heteroatoms. The topological polar surface area (TPSA) is 77.2 Å². The van der Waals surface area contributed by atoms with Crippen molar-refractivity contribution in [1.82, 2.24) is 14.8 Å². The molecule has 26 heavy (non-hydrogen) atoms. The van der Waals surface area contributed by atoms with E-state index in [4.69, 9.17) is 9.84 Å². The number of rotatable bonds is 4. The minimum Gasteiger partial charge on any atom is -0.478 e. The molecule has 1 N–H and O–H groups in total. The zero-order valence-corrected chi connectivity index (χ0v) is 14.2. The van der Waals surface area contributed by atoms with Crippen LogP contribution < -0.4 is 0 Å². The summed E-state index contributed by atoms with van der Waals surface area (Å²) in [6.45, 7) is 0.721. The van der Waals surface area contributed by atoms with E-state index < -0.39 is 5.97 Å².